The number of likely N-dealkylation sites (N-methyl/N-ethyl adjacent to an activating group) is 1. The number of nitrogens with zero attached hydrogens (tertiary/aromatic N) is 2. The zero-order valence-corrected chi connectivity index (χ0v) is 11.1. The Morgan fingerprint density at radius 2 is 2.16 bits per heavy atom. The Hall–Kier alpha value is -1.58. The molecule has 0 radical (unpaired) electrons. The summed E-state index contributed by atoms with van der Waals surface area (Å²) in [5.74, 6) is 4.76. The molecule has 0 aromatic heterocycles. The molecule has 19 heavy (non-hydrogen) atoms. The van der Waals surface area contributed by atoms with Gasteiger partial charge in [-0.1, -0.05) is 11.8 Å². The van der Waals surface area contributed by atoms with Crippen LogP contribution in [0, 0.1) is 17.8 Å². The van der Waals surface area contributed by atoms with Crippen LogP contribution in [0.3, 0.4) is 0 Å². The summed E-state index contributed by atoms with van der Waals surface area (Å²) in [6.45, 7) is 2.30. The molecule has 1 unspecified atom stereocenters. The van der Waals surface area contributed by atoms with Crippen molar-refractivity contribution in [2.24, 2.45) is 5.92 Å². The van der Waals surface area contributed by atoms with Gasteiger partial charge in [0.05, 0.1) is 18.5 Å². The van der Waals surface area contributed by atoms with Crippen molar-refractivity contribution in [2.75, 3.05) is 39.8 Å². The van der Waals surface area contributed by atoms with Crippen LogP contribution in [0.2, 0.25) is 0 Å². The van der Waals surface area contributed by atoms with E-state index in [4.69, 9.17) is 5.11 Å². The summed E-state index contributed by atoms with van der Waals surface area (Å²) < 4.78 is 0. The quantitative estimate of drug-likeness (QED) is 0.594. The molecule has 6 nitrogen and oxygen atoms in total. The number of amides is 2. The van der Waals surface area contributed by atoms with Crippen molar-refractivity contribution >= 4 is 11.8 Å². The maximum Gasteiger partial charge on any atom is 0.226 e. The van der Waals surface area contributed by atoms with E-state index in [2.05, 4.69) is 22.1 Å². The summed E-state index contributed by atoms with van der Waals surface area (Å²) in [6, 6.07) is 0.268. The molecule has 0 spiro atoms. The van der Waals surface area contributed by atoms with Gasteiger partial charge in [0.2, 0.25) is 11.8 Å². The van der Waals surface area contributed by atoms with Crippen LogP contribution < -0.4 is 5.32 Å². The number of likely N-dealkylation sites (tertiary alicyclic amines) is 2. The summed E-state index contributed by atoms with van der Waals surface area (Å²) in [4.78, 5) is 27.7. The highest BCUT2D eigenvalue weighted by molar-refractivity contribution is 5.89. The molecule has 2 heterocycles. The van der Waals surface area contributed by atoms with Crippen molar-refractivity contribution in [3.8, 4) is 11.8 Å². The molecule has 1 atom stereocenters. The predicted octanol–water partition coefficient (Wildman–Crippen LogP) is -1.74. The molecule has 2 fully saturated rings. The molecule has 2 N–H and O–H groups in total. The van der Waals surface area contributed by atoms with Crippen LogP contribution in [0.15, 0.2) is 0 Å². The van der Waals surface area contributed by atoms with E-state index in [1.165, 1.54) is 0 Å². The minimum atomic E-state index is -0.269. The molecular weight excluding hydrogens is 246 g/mol. The van der Waals surface area contributed by atoms with Crippen molar-refractivity contribution in [1.82, 2.24) is 15.1 Å². The van der Waals surface area contributed by atoms with Gasteiger partial charge in [-0.25, -0.2) is 0 Å². The first-order chi connectivity index (χ1) is 9.11. The molecule has 0 aromatic carbocycles. The zero-order valence-electron chi connectivity index (χ0n) is 11.1. The van der Waals surface area contributed by atoms with Gasteiger partial charge in [0, 0.05) is 26.1 Å². The van der Waals surface area contributed by atoms with Crippen LogP contribution in [0.4, 0.5) is 0 Å². The van der Waals surface area contributed by atoms with E-state index < -0.39 is 0 Å². The molecule has 0 bridgehead atoms. The number of rotatable bonds is 3. The van der Waals surface area contributed by atoms with E-state index in [-0.39, 0.29) is 36.9 Å². The third kappa shape index (κ3) is 3.25. The first-order valence-electron chi connectivity index (χ1n) is 6.44. The average molecular weight is 265 g/mol. The lowest BCUT2D eigenvalue weighted by Crippen LogP contribution is -2.58. The Kier molecular flexibility index (Phi) is 4.40. The number of carbonyl (C=O) groups is 2. The van der Waals surface area contributed by atoms with Gasteiger partial charge in [-0.2, -0.15) is 0 Å². The summed E-state index contributed by atoms with van der Waals surface area (Å²) in [6.07, 6.45) is 0.291. The van der Waals surface area contributed by atoms with Gasteiger partial charge in [0.1, 0.15) is 6.61 Å². The van der Waals surface area contributed by atoms with Crippen LogP contribution in [0.25, 0.3) is 0 Å². The normalized spacial score (nSPS) is 23.8. The average Bonchev–Trinajstić information content (AvgIpc) is 2.72. The lowest BCUT2D eigenvalue weighted by molar-refractivity contribution is -0.132. The summed E-state index contributed by atoms with van der Waals surface area (Å²) in [5, 5.41) is 11.2. The van der Waals surface area contributed by atoms with Crippen molar-refractivity contribution < 1.29 is 14.7 Å². The fourth-order valence-electron chi connectivity index (χ4n) is 2.52. The molecule has 6 heteroatoms. The van der Waals surface area contributed by atoms with Crippen LogP contribution >= 0.6 is 0 Å². The third-order valence-electron chi connectivity index (χ3n) is 3.57. The number of hydrogen-bond acceptors (Lipinski definition) is 4. The second-order valence-corrected chi connectivity index (χ2v) is 5.05. The van der Waals surface area contributed by atoms with Gasteiger partial charge >= 0.3 is 0 Å². The minimum absolute atomic E-state index is 0.0692. The number of nitrogens with one attached hydrogen (secondary N) is 1. The van der Waals surface area contributed by atoms with Gasteiger partial charge in [-0.3, -0.25) is 9.59 Å². The van der Waals surface area contributed by atoms with Crippen molar-refractivity contribution in [2.45, 2.75) is 12.5 Å². The number of aliphatic hydroxyl groups is 1. The zero-order chi connectivity index (χ0) is 13.8. The molecular formula is C13H19N3O3. The minimum Gasteiger partial charge on any atom is -0.384 e. The molecule has 104 valence electrons. The topological polar surface area (TPSA) is 72.9 Å². The van der Waals surface area contributed by atoms with Crippen LogP contribution in [-0.2, 0) is 9.59 Å². The lowest BCUT2D eigenvalue weighted by Gasteiger charge is -2.42. The summed E-state index contributed by atoms with van der Waals surface area (Å²) in [7, 11) is 2.01. The van der Waals surface area contributed by atoms with Gasteiger partial charge in [-0.05, 0) is 7.05 Å². The highest BCUT2D eigenvalue weighted by atomic mass is 16.2. The monoisotopic (exact) mass is 265 g/mol. The Labute approximate surface area is 112 Å². The molecule has 0 saturated carbocycles. The largest absolute Gasteiger partial charge is 0.384 e. The van der Waals surface area contributed by atoms with Gasteiger partial charge < -0.3 is 20.2 Å². The standard InChI is InChI=1S/C13H19N3O3/c1-15-8-11(9-15)16-7-10(6-12(16)18)13(19)14-4-2-3-5-17/h10-11,17H,4-9H2,1H3,(H,14,19). The summed E-state index contributed by atoms with van der Waals surface area (Å²) >= 11 is 0. The number of hydrogen-bond donors (Lipinski definition) is 2. The van der Waals surface area contributed by atoms with Gasteiger partial charge in [0.15, 0.2) is 0 Å². The van der Waals surface area contributed by atoms with E-state index in [1.807, 2.05) is 11.9 Å². The molecule has 2 amide bonds. The fourth-order valence-corrected chi connectivity index (χ4v) is 2.52. The Balaban J connectivity index is 1.79. The van der Waals surface area contributed by atoms with E-state index in [0.29, 0.717) is 13.0 Å². The first kappa shape index (κ1) is 13.8. The SMILES string of the molecule is CN1CC(N2CC(C(=O)NCC#CCO)CC2=O)C1. The fraction of sp³-hybridized carbons (Fsp3) is 0.692. The van der Waals surface area contributed by atoms with E-state index in [0.717, 1.165) is 13.1 Å². The maximum atomic E-state index is 11.9. The molecule has 2 aliphatic rings. The highest BCUT2D eigenvalue weighted by Crippen LogP contribution is 2.24. The number of carbonyl (C=O) groups excluding carboxylic acids is 2. The summed E-state index contributed by atoms with van der Waals surface area (Å²) in [5.41, 5.74) is 0. The Bertz CT molecular complexity index is 421. The second kappa shape index (κ2) is 6.04. The van der Waals surface area contributed by atoms with Crippen molar-refractivity contribution in [3.63, 3.8) is 0 Å². The van der Waals surface area contributed by atoms with Crippen LogP contribution in [-0.4, -0.2) is 72.6 Å². The smallest absolute Gasteiger partial charge is 0.226 e. The second-order valence-electron chi connectivity index (χ2n) is 5.05. The lowest BCUT2D eigenvalue weighted by atomic mass is 10.1. The van der Waals surface area contributed by atoms with Crippen LogP contribution in [0.5, 0.6) is 0 Å². The molecule has 2 saturated heterocycles. The Morgan fingerprint density at radius 3 is 2.79 bits per heavy atom. The molecule has 2 rings (SSSR count). The van der Waals surface area contributed by atoms with Crippen molar-refractivity contribution in [1.29, 1.82) is 0 Å². The van der Waals surface area contributed by atoms with Crippen LogP contribution in [0.1, 0.15) is 6.42 Å². The van der Waals surface area contributed by atoms with Crippen molar-refractivity contribution in [3.05, 3.63) is 0 Å². The highest BCUT2D eigenvalue weighted by Gasteiger charge is 2.41. The van der Waals surface area contributed by atoms with Gasteiger partial charge in [-0.15, -0.1) is 0 Å². The molecule has 0 aromatic rings. The molecule has 0 aliphatic carbocycles. The third-order valence-corrected chi connectivity index (χ3v) is 3.57. The van der Waals surface area contributed by atoms with E-state index in [9.17, 15) is 9.59 Å². The number of aliphatic hydroxyl groups excluding tert-OH is 1. The predicted molar refractivity (Wildman–Crippen MR) is 69.0 cm³/mol. The van der Waals surface area contributed by atoms with Gasteiger partial charge in [0.25, 0.3) is 0 Å². The molecule has 2 aliphatic heterocycles. The maximum absolute atomic E-state index is 11.9. The Morgan fingerprint density at radius 1 is 1.42 bits per heavy atom. The van der Waals surface area contributed by atoms with E-state index in [1.54, 1.807) is 0 Å². The first-order valence-corrected chi connectivity index (χ1v) is 6.44. The van der Waals surface area contributed by atoms with E-state index >= 15 is 0 Å².